The number of amides is 3. The number of alkyl halides is 3. The first kappa shape index (κ1) is 32.3. The number of imide groups is 1. The number of carbonyl (C=O) groups excluding carboxylic acids is 3. The van der Waals surface area contributed by atoms with Gasteiger partial charge in [-0.15, -0.1) is 11.8 Å². The summed E-state index contributed by atoms with van der Waals surface area (Å²) in [6.07, 6.45) is -4.19. The molecule has 1 saturated heterocycles. The van der Waals surface area contributed by atoms with Crippen molar-refractivity contribution in [3.8, 4) is 5.75 Å². The average molecular weight is 771 g/mol. The van der Waals surface area contributed by atoms with Crippen LogP contribution in [-0.4, -0.2) is 34.6 Å². The highest BCUT2D eigenvalue weighted by molar-refractivity contribution is 9.10. The normalized spacial score (nSPS) is 26.8. The SMILES string of the molecule is Cc1cccc(NC(=O)COc2ccc(Br)cc2[C@H]2c3sc(=O)[nH]c3SC3C2[C@H]2C[C@@H]3C3C(=O)N(c4ccccc4C(F)(F)F)C(=O)C32)c1. The lowest BCUT2D eigenvalue weighted by atomic mass is 9.68. The standard InChI is InChI=1S/C35H27BrF3N3O5S2/c1-15-5-4-6-17(11-15)40-24(43)14-47-23-10-9-16(36)12-18(23)25-26-19-13-20(29(26)48-31-30(25)49-34(46)41-31)28-27(19)32(44)42(33(28)45)22-8-3-2-7-21(22)35(37,38)39/h2-12,19-20,25-29H,13-14H2,1H3,(H,40,43)(H,41,46)/t19-,20-,25-,26?,27?,28?,29?/m1/s1. The van der Waals surface area contributed by atoms with E-state index in [2.05, 4.69) is 26.2 Å². The van der Waals surface area contributed by atoms with Gasteiger partial charge in [-0.3, -0.25) is 19.2 Å². The van der Waals surface area contributed by atoms with Crippen molar-refractivity contribution in [2.45, 2.75) is 35.7 Å². The van der Waals surface area contributed by atoms with Gasteiger partial charge in [0.15, 0.2) is 6.61 Å². The van der Waals surface area contributed by atoms with Gasteiger partial charge < -0.3 is 15.0 Å². The van der Waals surface area contributed by atoms with Crippen LogP contribution in [0.2, 0.25) is 0 Å². The summed E-state index contributed by atoms with van der Waals surface area (Å²) >= 11 is 6.11. The summed E-state index contributed by atoms with van der Waals surface area (Å²) in [4.78, 5) is 58.0. The van der Waals surface area contributed by atoms with E-state index in [1.165, 1.54) is 30.0 Å². The highest BCUT2D eigenvalue weighted by atomic mass is 79.9. The zero-order valence-electron chi connectivity index (χ0n) is 25.6. The molecule has 3 fully saturated rings. The Balaban J connectivity index is 1.15. The van der Waals surface area contributed by atoms with Crippen molar-refractivity contribution >= 4 is 68.1 Å². The molecule has 4 unspecified atom stereocenters. The molecule has 8 nitrogen and oxygen atoms in total. The van der Waals surface area contributed by atoms with E-state index < -0.39 is 47.0 Å². The Bertz CT molecular complexity index is 2100. The third-order valence-electron chi connectivity index (χ3n) is 10.1. The fourth-order valence-corrected chi connectivity index (χ4v) is 11.7. The molecule has 7 atom stereocenters. The highest BCUT2D eigenvalue weighted by Crippen LogP contribution is 2.69. The minimum absolute atomic E-state index is 0.194. The first-order valence-corrected chi connectivity index (χ1v) is 18.1. The van der Waals surface area contributed by atoms with Gasteiger partial charge in [-0.25, -0.2) is 4.90 Å². The monoisotopic (exact) mass is 769 g/mol. The zero-order chi connectivity index (χ0) is 34.4. The maximum Gasteiger partial charge on any atom is 0.418 e. The Labute approximate surface area is 294 Å². The number of ether oxygens (including phenoxy) is 1. The molecule has 0 radical (unpaired) electrons. The van der Waals surface area contributed by atoms with E-state index in [0.717, 1.165) is 37.2 Å². The second-order valence-electron chi connectivity index (χ2n) is 12.9. The predicted molar refractivity (Wildman–Crippen MR) is 182 cm³/mol. The van der Waals surface area contributed by atoms with Crippen molar-refractivity contribution in [1.82, 2.24) is 4.98 Å². The summed E-state index contributed by atoms with van der Waals surface area (Å²) in [5.41, 5.74) is 0.863. The van der Waals surface area contributed by atoms with Gasteiger partial charge in [-0.2, -0.15) is 13.2 Å². The summed E-state index contributed by atoms with van der Waals surface area (Å²) in [5.74, 6) is -4.01. The maximum atomic E-state index is 14.1. The molecule has 1 aromatic heterocycles. The lowest BCUT2D eigenvalue weighted by molar-refractivity contribution is -0.137. The van der Waals surface area contributed by atoms with Gasteiger partial charge in [0.05, 0.1) is 28.1 Å². The Hall–Kier alpha value is -3.88. The molecule has 2 aliphatic heterocycles. The minimum Gasteiger partial charge on any atom is -0.483 e. The number of rotatable bonds is 6. The number of hydrogen-bond acceptors (Lipinski definition) is 7. The molecule has 3 aromatic carbocycles. The summed E-state index contributed by atoms with van der Waals surface area (Å²) in [7, 11) is 0. The largest absolute Gasteiger partial charge is 0.483 e. The maximum absolute atomic E-state index is 14.1. The number of aromatic nitrogens is 1. The van der Waals surface area contributed by atoms with Crippen LogP contribution in [0, 0.1) is 36.5 Å². The van der Waals surface area contributed by atoms with Crippen LogP contribution in [0.15, 0.2) is 81.0 Å². The van der Waals surface area contributed by atoms with E-state index in [4.69, 9.17) is 4.74 Å². The molecule has 2 N–H and O–H groups in total. The fourth-order valence-electron chi connectivity index (χ4n) is 8.47. The number of hydrogen-bond donors (Lipinski definition) is 2. The molecular weight excluding hydrogens is 743 g/mol. The van der Waals surface area contributed by atoms with Crippen LogP contribution in [0.3, 0.4) is 0 Å². The first-order valence-electron chi connectivity index (χ1n) is 15.6. The number of fused-ring (bicyclic) bond motifs is 9. The molecule has 3 heterocycles. The quantitative estimate of drug-likeness (QED) is 0.201. The number of para-hydroxylation sites is 1. The molecule has 4 aromatic rings. The molecule has 8 rings (SSSR count). The number of aryl methyl sites for hydroxylation is 1. The predicted octanol–water partition coefficient (Wildman–Crippen LogP) is 7.22. The smallest absolute Gasteiger partial charge is 0.418 e. The first-order chi connectivity index (χ1) is 23.4. The molecule has 3 amide bonds. The topological polar surface area (TPSA) is 109 Å². The Morgan fingerprint density at radius 2 is 1.78 bits per heavy atom. The number of carbonyl (C=O) groups is 3. The van der Waals surface area contributed by atoms with Gasteiger partial charge in [-0.05, 0) is 79.1 Å². The Morgan fingerprint density at radius 3 is 2.53 bits per heavy atom. The molecule has 2 saturated carbocycles. The average Bonchev–Trinajstić information content (AvgIpc) is 3.78. The van der Waals surface area contributed by atoms with E-state index in [-0.39, 0.29) is 40.4 Å². The van der Waals surface area contributed by atoms with Crippen molar-refractivity contribution in [2.24, 2.45) is 29.6 Å². The third-order valence-corrected chi connectivity index (χ3v) is 13.2. The van der Waals surface area contributed by atoms with Gasteiger partial charge in [0.25, 0.3) is 5.91 Å². The zero-order valence-corrected chi connectivity index (χ0v) is 28.8. The van der Waals surface area contributed by atoms with Crippen LogP contribution in [0.5, 0.6) is 5.75 Å². The molecular formula is C35H27BrF3N3O5S2. The molecule has 0 spiro atoms. The summed E-state index contributed by atoms with van der Waals surface area (Å²) in [6.45, 7) is 1.64. The third kappa shape index (κ3) is 5.34. The summed E-state index contributed by atoms with van der Waals surface area (Å²) < 4.78 is 49.0. The van der Waals surface area contributed by atoms with Crippen LogP contribution in [0.1, 0.15) is 33.9 Å². The molecule has 4 aliphatic rings. The minimum atomic E-state index is -4.75. The van der Waals surface area contributed by atoms with E-state index in [1.54, 1.807) is 18.2 Å². The summed E-state index contributed by atoms with van der Waals surface area (Å²) in [5, 5.41) is 3.32. The second kappa shape index (κ2) is 11.9. The van der Waals surface area contributed by atoms with Gasteiger partial charge in [0.1, 0.15) is 5.75 Å². The van der Waals surface area contributed by atoms with Crippen LogP contribution < -0.4 is 19.8 Å². The van der Waals surface area contributed by atoms with Gasteiger partial charge in [0.2, 0.25) is 11.8 Å². The van der Waals surface area contributed by atoms with E-state index in [0.29, 0.717) is 28.4 Å². The molecule has 2 aliphatic carbocycles. The van der Waals surface area contributed by atoms with Crippen molar-refractivity contribution in [3.63, 3.8) is 0 Å². The van der Waals surface area contributed by atoms with Crippen LogP contribution in [0.4, 0.5) is 24.5 Å². The van der Waals surface area contributed by atoms with Gasteiger partial charge in [-0.1, -0.05) is 51.5 Å². The number of thioether (sulfide) groups is 1. The van der Waals surface area contributed by atoms with E-state index in [9.17, 15) is 32.3 Å². The molecule has 49 heavy (non-hydrogen) atoms. The highest BCUT2D eigenvalue weighted by Gasteiger charge is 2.70. The van der Waals surface area contributed by atoms with Gasteiger partial charge in [0, 0.05) is 31.8 Å². The Kier molecular flexibility index (Phi) is 7.83. The number of aromatic amines is 1. The molecule has 252 valence electrons. The van der Waals surface area contributed by atoms with Gasteiger partial charge >= 0.3 is 11.0 Å². The lowest BCUT2D eigenvalue weighted by Crippen LogP contribution is -2.42. The Morgan fingerprint density at radius 1 is 1.02 bits per heavy atom. The van der Waals surface area contributed by atoms with Crippen LogP contribution >= 0.6 is 39.0 Å². The number of nitrogens with zero attached hydrogens (tertiary/aromatic N) is 1. The van der Waals surface area contributed by atoms with Crippen molar-refractivity contribution in [1.29, 1.82) is 0 Å². The van der Waals surface area contributed by atoms with Crippen molar-refractivity contribution in [3.05, 3.63) is 102 Å². The van der Waals surface area contributed by atoms with E-state index in [1.807, 2.05) is 31.2 Å². The summed E-state index contributed by atoms with van der Waals surface area (Å²) in [6, 6.07) is 17.5. The van der Waals surface area contributed by atoms with Crippen LogP contribution in [0.25, 0.3) is 0 Å². The van der Waals surface area contributed by atoms with Crippen LogP contribution in [-0.2, 0) is 20.6 Å². The number of benzene rings is 3. The van der Waals surface area contributed by atoms with Crippen molar-refractivity contribution in [2.75, 3.05) is 16.8 Å². The number of H-pyrrole nitrogens is 1. The lowest BCUT2D eigenvalue weighted by Gasteiger charge is -2.43. The molecule has 14 heteroatoms. The fraction of sp³-hybridized carbons (Fsp3) is 0.314. The second-order valence-corrected chi connectivity index (χ2v) is 16.0. The number of anilines is 2. The molecule has 2 bridgehead atoms. The number of halogens is 4. The number of nitrogens with one attached hydrogen (secondary N) is 2. The number of thiazole rings is 1. The van der Waals surface area contributed by atoms with Crippen molar-refractivity contribution < 1.29 is 32.3 Å². The van der Waals surface area contributed by atoms with E-state index >= 15 is 0 Å².